The van der Waals surface area contributed by atoms with Crippen LogP contribution in [-0.4, -0.2) is 28.3 Å². The zero-order valence-electron chi connectivity index (χ0n) is 16.9. The van der Waals surface area contributed by atoms with Gasteiger partial charge in [0.1, 0.15) is 10.8 Å². The van der Waals surface area contributed by atoms with Gasteiger partial charge in [-0.1, -0.05) is 0 Å². The molecular weight excluding hydrogens is 459 g/mol. The van der Waals surface area contributed by atoms with Crippen molar-refractivity contribution in [3.63, 3.8) is 0 Å². The van der Waals surface area contributed by atoms with Crippen LogP contribution in [0.1, 0.15) is 27.8 Å². The molecule has 0 aliphatic heterocycles. The second kappa shape index (κ2) is 8.87. The Bertz CT molecular complexity index is 1450. The maximum Gasteiger partial charge on any atom is 0.359 e. The molecule has 0 bridgehead atoms. The fourth-order valence-corrected chi connectivity index (χ4v) is 3.99. The quantitative estimate of drug-likeness (QED) is 0.437. The largest absolute Gasteiger partial charge is 0.461 e. The lowest BCUT2D eigenvalue weighted by atomic mass is 10.2. The van der Waals surface area contributed by atoms with Crippen molar-refractivity contribution >= 4 is 39.0 Å². The van der Waals surface area contributed by atoms with E-state index in [-0.39, 0.29) is 39.3 Å². The van der Waals surface area contributed by atoms with Crippen molar-refractivity contribution in [3.05, 3.63) is 86.9 Å². The predicted octanol–water partition coefficient (Wildman–Crippen LogP) is 4.29. The van der Waals surface area contributed by atoms with Gasteiger partial charge in [0.15, 0.2) is 17.3 Å². The maximum atomic E-state index is 13.5. The number of ether oxygens (including phenoxy) is 1. The molecule has 2 heterocycles. The van der Waals surface area contributed by atoms with Crippen molar-refractivity contribution in [3.8, 4) is 5.69 Å². The highest BCUT2D eigenvalue weighted by Gasteiger charge is 2.23. The first-order valence-corrected chi connectivity index (χ1v) is 10.4. The number of halogens is 3. The zero-order chi connectivity index (χ0) is 23.7. The van der Waals surface area contributed by atoms with Crippen LogP contribution in [0.15, 0.2) is 52.6 Å². The molecule has 0 aliphatic rings. The Morgan fingerprint density at radius 2 is 1.82 bits per heavy atom. The topological polar surface area (TPSA) is 90.3 Å². The van der Waals surface area contributed by atoms with Gasteiger partial charge in [-0.05, 0) is 49.4 Å². The van der Waals surface area contributed by atoms with E-state index >= 15 is 0 Å². The van der Waals surface area contributed by atoms with E-state index in [0.29, 0.717) is 0 Å². The molecule has 0 aliphatic carbocycles. The van der Waals surface area contributed by atoms with E-state index in [1.807, 2.05) is 0 Å². The van der Waals surface area contributed by atoms with E-state index in [4.69, 9.17) is 4.74 Å². The average molecular weight is 473 g/mol. The minimum absolute atomic E-state index is 0.0432. The standard InChI is InChI=1S/C22H14F3N3O4S/c1-2-32-22(31)18-14-10-33-20(26-19(29)11-3-8-15(24)16(25)9-11)17(14)21(30)28(27-18)13-6-4-12(23)5-7-13/h3-10H,2H2,1H3,(H,26,29). The van der Waals surface area contributed by atoms with Gasteiger partial charge >= 0.3 is 5.97 Å². The van der Waals surface area contributed by atoms with Crippen LogP contribution >= 0.6 is 11.3 Å². The summed E-state index contributed by atoms with van der Waals surface area (Å²) in [6, 6.07) is 7.47. The summed E-state index contributed by atoms with van der Waals surface area (Å²) in [7, 11) is 0. The van der Waals surface area contributed by atoms with E-state index in [2.05, 4.69) is 10.4 Å². The third-order valence-electron chi connectivity index (χ3n) is 4.60. The van der Waals surface area contributed by atoms with Crippen molar-refractivity contribution in [2.45, 2.75) is 6.92 Å². The smallest absolute Gasteiger partial charge is 0.359 e. The van der Waals surface area contributed by atoms with Crippen molar-refractivity contribution in [1.29, 1.82) is 0 Å². The van der Waals surface area contributed by atoms with Crippen LogP contribution in [-0.2, 0) is 4.74 Å². The maximum absolute atomic E-state index is 13.5. The monoisotopic (exact) mass is 473 g/mol. The molecule has 33 heavy (non-hydrogen) atoms. The van der Waals surface area contributed by atoms with Gasteiger partial charge in [-0.25, -0.2) is 18.0 Å². The molecule has 0 unspecified atom stereocenters. The SMILES string of the molecule is CCOC(=O)c1nn(-c2ccc(F)cc2)c(=O)c2c(NC(=O)c3ccc(F)c(F)c3)scc12. The lowest BCUT2D eigenvalue weighted by molar-refractivity contribution is 0.0520. The van der Waals surface area contributed by atoms with Gasteiger partial charge in [0.25, 0.3) is 11.5 Å². The average Bonchev–Trinajstić information content (AvgIpc) is 3.21. The summed E-state index contributed by atoms with van der Waals surface area (Å²) >= 11 is 0.942. The highest BCUT2D eigenvalue weighted by molar-refractivity contribution is 7.16. The number of aromatic nitrogens is 2. The molecule has 0 fully saturated rings. The Morgan fingerprint density at radius 3 is 2.48 bits per heavy atom. The summed E-state index contributed by atoms with van der Waals surface area (Å²) in [4.78, 5) is 38.3. The number of carbonyl (C=O) groups is 2. The van der Waals surface area contributed by atoms with Gasteiger partial charge < -0.3 is 10.1 Å². The summed E-state index contributed by atoms with van der Waals surface area (Å²) in [5.41, 5.74) is -0.862. The van der Waals surface area contributed by atoms with E-state index in [1.54, 1.807) is 6.92 Å². The van der Waals surface area contributed by atoms with E-state index in [9.17, 15) is 27.6 Å². The lowest BCUT2D eigenvalue weighted by Gasteiger charge is -2.10. The number of carbonyl (C=O) groups excluding carboxylic acids is 2. The molecule has 1 N–H and O–H groups in total. The van der Waals surface area contributed by atoms with Gasteiger partial charge in [0, 0.05) is 16.3 Å². The summed E-state index contributed by atoms with van der Waals surface area (Å²) < 4.78 is 46.0. The number of thiophene rings is 1. The van der Waals surface area contributed by atoms with Crippen LogP contribution in [0, 0.1) is 17.5 Å². The highest BCUT2D eigenvalue weighted by Crippen LogP contribution is 2.31. The third kappa shape index (κ3) is 4.22. The van der Waals surface area contributed by atoms with E-state index < -0.39 is 34.9 Å². The molecule has 0 atom stereocenters. The lowest BCUT2D eigenvalue weighted by Crippen LogP contribution is -2.25. The molecular formula is C22H14F3N3O4S. The second-order valence-corrected chi connectivity index (χ2v) is 7.58. The number of hydrogen-bond donors (Lipinski definition) is 1. The van der Waals surface area contributed by atoms with Crippen LogP contribution in [0.5, 0.6) is 0 Å². The number of esters is 1. The molecule has 0 radical (unpaired) electrons. The number of benzene rings is 2. The summed E-state index contributed by atoms with van der Waals surface area (Å²) in [5.74, 6) is -4.44. The molecule has 1 amide bonds. The number of amides is 1. The van der Waals surface area contributed by atoms with Crippen LogP contribution in [0.2, 0.25) is 0 Å². The molecule has 0 saturated heterocycles. The molecule has 168 valence electrons. The van der Waals surface area contributed by atoms with Crippen LogP contribution in [0.3, 0.4) is 0 Å². The van der Waals surface area contributed by atoms with Crippen LogP contribution in [0.4, 0.5) is 18.2 Å². The van der Waals surface area contributed by atoms with Gasteiger partial charge in [-0.15, -0.1) is 11.3 Å². The Kier molecular flexibility index (Phi) is 5.97. The summed E-state index contributed by atoms with van der Waals surface area (Å²) in [6.07, 6.45) is 0. The Hall–Kier alpha value is -3.99. The summed E-state index contributed by atoms with van der Waals surface area (Å²) in [6.45, 7) is 1.66. The second-order valence-electron chi connectivity index (χ2n) is 6.70. The molecule has 2 aromatic carbocycles. The Morgan fingerprint density at radius 1 is 1.09 bits per heavy atom. The summed E-state index contributed by atoms with van der Waals surface area (Å²) in [5, 5.41) is 8.20. The fraction of sp³-hybridized carbons (Fsp3) is 0.0909. The molecule has 2 aromatic heterocycles. The minimum atomic E-state index is -1.20. The molecule has 7 nitrogen and oxygen atoms in total. The van der Waals surface area contributed by atoms with Gasteiger partial charge in [-0.3, -0.25) is 9.59 Å². The number of rotatable bonds is 5. The van der Waals surface area contributed by atoms with Gasteiger partial charge in [-0.2, -0.15) is 9.78 Å². The number of anilines is 1. The molecule has 4 rings (SSSR count). The molecule has 0 spiro atoms. The Labute approximate surface area is 188 Å². The van der Waals surface area contributed by atoms with Crippen molar-refractivity contribution < 1.29 is 27.5 Å². The first kappa shape index (κ1) is 22.2. The Balaban J connectivity index is 1.87. The number of hydrogen-bond acceptors (Lipinski definition) is 6. The van der Waals surface area contributed by atoms with Crippen LogP contribution in [0.25, 0.3) is 16.5 Å². The number of nitrogens with one attached hydrogen (secondary N) is 1. The van der Waals surface area contributed by atoms with Gasteiger partial charge in [0.2, 0.25) is 0 Å². The third-order valence-corrected chi connectivity index (χ3v) is 5.50. The van der Waals surface area contributed by atoms with E-state index in [0.717, 1.165) is 46.4 Å². The normalized spacial score (nSPS) is 10.9. The van der Waals surface area contributed by atoms with Crippen molar-refractivity contribution in [2.24, 2.45) is 0 Å². The molecule has 11 heteroatoms. The highest BCUT2D eigenvalue weighted by atomic mass is 32.1. The van der Waals surface area contributed by atoms with E-state index in [1.165, 1.54) is 17.5 Å². The van der Waals surface area contributed by atoms with Crippen LogP contribution < -0.4 is 10.9 Å². The zero-order valence-corrected chi connectivity index (χ0v) is 17.7. The number of nitrogens with zero attached hydrogens (tertiary/aromatic N) is 2. The molecule has 0 saturated carbocycles. The van der Waals surface area contributed by atoms with Crippen molar-refractivity contribution in [2.75, 3.05) is 11.9 Å². The molecule has 4 aromatic rings. The van der Waals surface area contributed by atoms with Gasteiger partial charge in [0.05, 0.1) is 17.7 Å². The first-order chi connectivity index (χ1) is 15.8. The minimum Gasteiger partial charge on any atom is -0.461 e. The fourth-order valence-electron chi connectivity index (χ4n) is 3.06. The first-order valence-electron chi connectivity index (χ1n) is 9.54. The van der Waals surface area contributed by atoms with Crippen molar-refractivity contribution in [1.82, 2.24) is 9.78 Å². The predicted molar refractivity (Wildman–Crippen MR) is 115 cm³/mol. The number of fused-ring (bicyclic) bond motifs is 1.